The van der Waals surface area contributed by atoms with Crippen molar-refractivity contribution in [1.82, 2.24) is 0 Å². The normalized spacial score (nSPS) is 13.4. The molecular formula is C6H10O6P2S. The lowest BCUT2D eigenvalue weighted by Gasteiger charge is -2.18. The van der Waals surface area contributed by atoms with Gasteiger partial charge < -0.3 is 19.6 Å². The van der Waals surface area contributed by atoms with Crippen molar-refractivity contribution in [3.8, 4) is 0 Å². The SMILES string of the molecule is O=P(O)(O)C(Cc1ccsc1)P(=O)(O)O. The average Bonchev–Trinajstić information content (AvgIpc) is 2.46. The second-order valence-electron chi connectivity index (χ2n) is 2.99. The van der Waals surface area contributed by atoms with Crippen LogP contribution in [0.3, 0.4) is 0 Å². The van der Waals surface area contributed by atoms with Crippen LogP contribution in [0, 0.1) is 0 Å². The smallest absolute Gasteiger partial charge is 0.324 e. The second kappa shape index (κ2) is 4.47. The quantitative estimate of drug-likeness (QED) is 0.607. The summed E-state index contributed by atoms with van der Waals surface area (Å²) in [6.07, 6.45) is -0.321. The number of thiophene rings is 1. The molecule has 9 heteroatoms. The Hall–Kier alpha value is -0.0000000000000000971. The maximum absolute atomic E-state index is 10.9. The highest BCUT2D eigenvalue weighted by atomic mass is 32.1. The second-order valence-corrected chi connectivity index (χ2v) is 7.78. The molecule has 4 N–H and O–H groups in total. The fourth-order valence-electron chi connectivity index (χ4n) is 1.05. The summed E-state index contributed by atoms with van der Waals surface area (Å²) in [5.74, 6) is 0. The molecule has 0 aliphatic rings. The van der Waals surface area contributed by atoms with E-state index in [1.807, 2.05) is 0 Å². The Bertz CT molecular complexity index is 381. The van der Waals surface area contributed by atoms with E-state index in [0.717, 1.165) is 0 Å². The van der Waals surface area contributed by atoms with E-state index in [9.17, 15) is 9.13 Å². The highest BCUT2D eigenvalue weighted by Crippen LogP contribution is 2.60. The molecular weight excluding hydrogens is 262 g/mol. The third-order valence-corrected chi connectivity index (χ3v) is 6.23. The first-order valence-electron chi connectivity index (χ1n) is 3.83. The van der Waals surface area contributed by atoms with Gasteiger partial charge in [0.05, 0.1) is 0 Å². The van der Waals surface area contributed by atoms with Crippen molar-refractivity contribution in [1.29, 1.82) is 0 Å². The van der Waals surface area contributed by atoms with Crippen molar-refractivity contribution in [3.63, 3.8) is 0 Å². The number of rotatable bonds is 4. The predicted molar refractivity (Wildman–Crippen MR) is 55.9 cm³/mol. The minimum atomic E-state index is -4.80. The van der Waals surface area contributed by atoms with E-state index >= 15 is 0 Å². The molecule has 0 radical (unpaired) electrons. The molecule has 0 saturated carbocycles. The Morgan fingerprint density at radius 2 is 1.73 bits per heavy atom. The maximum atomic E-state index is 10.9. The molecule has 0 saturated heterocycles. The van der Waals surface area contributed by atoms with E-state index in [2.05, 4.69) is 0 Å². The summed E-state index contributed by atoms with van der Waals surface area (Å²) in [4.78, 5) is 35.3. The van der Waals surface area contributed by atoms with E-state index in [1.165, 1.54) is 11.3 Å². The first-order chi connectivity index (χ1) is 6.71. The van der Waals surface area contributed by atoms with Gasteiger partial charge in [0.1, 0.15) is 0 Å². The molecule has 0 bridgehead atoms. The van der Waals surface area contributed by atoms with Gasteiger partial charge in [0.25, 0.3) is 0 Å². The van der Waals surface area contributed by atoms with Crippen molar-refractivity contribution in [3.05, 3.63) is 22.4 Å². The summed E-state index contributed by atoms with van der Waals surface area (Å²) in [6, 6.07) is 1.57. The molecule has 0 fully saturated rings. The van der Waals surface area contributed by atoms with Crippen molar-refractivity contribution >= 4 is 26.5 Å². The minimum absolute atomic E-state index is 0.321. The van der Waals surface area contributed by atoms with Crippen LogP contribution in [0.1, 0.15) is 5.56 Å². The van der Waals surface area contributed by atoms with Crippen LogP contribution in [0.4, 0.5) is 0 Å². The summed E-state index contributed by atoms with van der Waals surface area (Å²) < 4.78 is 21.8. The van der Waals surface area contributed by atoms with E-state index in [-0.39, 0.29) is 6.42 Å². The molecule has 0 aliphatic heterocycles. The maximum Gasteiger partial charge on any atom is 0.341 e. The molecule has 1 rings (SSSR count). The number of hydrogen-bond donors (Lipinski definition) is 4. The van der Waals surface area contributed by atoms with Crippen LogP contribution in [-0.2, 0) is 15.6 Å². The Morgan fingerprint density at radius 1 is 1.20 bits per heavy atom. The first-order valence-corrected chi connectivity index (χ1v) is 8.13. The van der Waals surface area contributed by atoms with Gasteiger partial charge in [-0.3, -0.25) is 9.13 Å². The van der Waals surface area contributed by atoms with Crippen LogP contribution in [0.15, 0.2) is 16.8 Å². The summed E-state index contributed by atoms with van der Waals surface area (Å²) >= 11 is 1.30. The van der Waals surface area contributed by atoms with E-state index in [4.69, 9.17) is 19.6 Å². The molecule has 0 amide bonds. The van der Waals surface area contributed by atoms with Crippen LogP contribution >= 0.6 is 26.5 Å². The van der Waals surface area contributed by atoms with Crippen molar-refractivity contribution in [2.45, 2.75) is 11.8 Å². The highest BCUT2D eigenvalue weighted by molar-refractivity contribution is 7.70. The molecule has 0 aliphatic carbocycles. The van der Waals surface area contributed by atoms with E-state index < -0.39 is 20.6 Å². The number of hydrogen-bond acceptors (Lipinski definition) is 3. The van der Waals surface area contributed by atoms with Gasteiger partial charge in [0.15, 0.2) is 5.40 Å². The van der Waals surface area contributed by atoms with Crippen molar-refractivity contribution in [2.75, 3.05) is 0 Å². The van der Waals surface area contributed by atoms with E-state index in [1.54, 1.807) is 16.8 Å². The Balaban J connectivity index is 2.95. The topological polar surface area (TPSA) is 115 Å². The lowest BCUT2D eigenvalue weighted by Crippen LogP contribution is -2.12. The average molecular weight is 272 g/mol. The molecule has 0 aromatic carbocycles. The molecule has 1 heterocycles. The van der Waals surface area contributed by atoms with Gasteiger partial charge in [-0.25, -0.2) is 0 Å². The lowest BCUT2D eigenvalue weighted by atomic mass is 10.3. The Kier molecular flexibility index (Phi) is 3.90. The Labute approximate surface area is 89.9 Å². The molecule has 15 heavy (non-hydrogen) atoms. The molecule has 86 valence electrons. The standard InChI is InChI=1S/C6H10O6P2S/c7-13(8,9)6(14(10,11)12)3-5-1-2-15-4-5/h1-2,4,6H,3H2,(H2,7,8,9)(H2,10,11,12). The van der Waals surface area contributed by atoms with Gasteiger partial charge in [-0.15, -0.1) is 0 Å². The zero-order chi connectivity index (χ0) is 11.7. The van der Waals surface area contributed by atoms with Crippen LogP contribution in [0.5, 0.6) is 0 Å². The van der Waals surface area contributed by atoms with Crippen LogP contribution < -0.4 is 0 Å². The third kappa shape index (κ3) is 3.81. The fraction of sp³-hybridized carbons (Fsp3) is 0.333. The molecule has 0 spiro atoms. The van der Waals surface area contributed by atoms with Gasteiger partial charge in [0.2, 0.25) is 0 Å². The monoisotopic (exact) mass is 272 g/mol. The lowest BCUT2D eigenvalue weighted by molar-refractivity contribution is 0.338. The summed E-state index contributed by atoms with van der Waals surface area (Å²) in [7, 11) is -9.59. The third-order valence-electron chi connectivity index (χ3n) is 1.77. The molecule has 6 nitrogen and oxygen atoms in total. The first kappa shape index (κ1) is 13.1. The molecule has 1 aromatic heterocycles. The summed E-state index contributed by atoms with van der Waals surface area (Å²) in [5, 5.41) is 1.32. The fourth-order valence-corrected chi connectivity index (χ4v) is 4.20. The molecule has 0 unspecified atom stereocenters. The highest BCUT2D eigenvalue weighted by Gasteiger charge is 2.43. The van der Waals surface area contributed by atoms with Crippen molar-refractivity contribution in [2.24, 2.45) is 0 Å². The minimum Gasteiger partial charge on any atom is -0.324 e. The van der Waals surface area contributed by atoms with Gasteiger partial charge >= 0.3 is 15.2 Å². The summed E-state index contributed by atoms with van der Waals surface area (Å²) in [5.41, 5.74) is 0.511. The van der Waals surface area contributed by atoms with Crippen LogP contribution in [0.25, 0.3) is 0 Å². The van der Waals surface area contributed by atoms with Crippen LogP contribution in [-0.4, -0.2) is 25.0 Å². The van der Waals surface area contributed by atoms with Gasteiger partial charge in [0, 0.05) is 0 Å². The predicted octanol–water partition coefficient (Wildman–Crippen LogP) is 0.972. The largest absolute Gasteiger partial charge is 0.341 e. The van der Waals surface area contributed by atoms with Gasteiger partial charge in [-0.2, -0.15) is 11.3 Å². The molecule has 1 aromatic rings. The molecule has 0 atom stereocenters. The van der Waals surface area contributed by atoms with E-state index in [0.29, 0.717) is 5.56 Å². The zero-order valence-electron chi connectivity index (χ0n) is 7.42. The zero-order valence-corrected chi connectivity index (χ0v) is 10.0. The Morgan fingerprint density at radius 3 is 2.07 bits per heavy atom. The van der Waals surface area contributed by atoms with Gasteiger partial charge in [-0.1, -0.05) is 0 Å². The van der Waals surface area contributed by atoms with Crippen LogP contribution in [0.2, 0.25) is 0 Å². The summed E-state index contributed by atoms with van der Waals surface area (Å²) in [6.45, 7) is 0. The van der Waals surface area contributed by atoms with Gasteiger partial charge in [-0.05, 0) is 28.8 Å². The van der Waals surface area contributed by atoms with Crippen molar-refractivity contribution < 1.29 is 28.7 Å².